The maximum absolute atomic E-state index is 11.2. The number of thiazole rings is 1. The zero-order valence-electron chi connectivity index (χ0n) is 10.1. The van der Waals surface area contributed by atoms with Gasteiger partial charge in [-0.2, -0.15) is 0 Å². The lowest BCUT2D eigenvalue weighted by Gasteiger charge is -2.17. The predicted octanol–water partition coefficient (Wildman–Crippen LogP) is 1.26. The molecule has 7 heteroatoms. The average Bonchev–Trinajstić information content (AvgIpc) is 2.73. The van der Waals surface area contributed by atoms with Crippen LogP contribution >= 0.6 is 23.1 Å². The molecule has 0 saturated carbocycles. The summed E-state index contributed by atoms with van der Waals surface area (Å²) < 4.78 is 0.730. The maximum Gasteiger partial charge on any atom is 0.305 e. The minimum atomic E-state index is -1.08. The first-order valence-corrected chi connectivity index (χ1v) is 7.40. The van der Waals surface area contributed by atoms with Crippen molar-refractivity contribution in [2.24, 2.45) is 0 Å². The van der Waals surface area contributed by atoms with Crippen LogP contribution in [-0.4, -0.2) is 32.2 Å². The van der Waals surface area contributed by atoms with Crippen molar-refractivity contribution in [1.29, 1.82) is 0 Å². The summed E-state index contributed by atoms with van der Waals surface area (Å²) in [7, 11) is 0. The number of aliphatic hydroxyl groups is 2. The van der Waals surface area contributed by atoms with Crippen LogP contribution in [0.4, 0.5) is 0 Å². The van der Waals surface area contributed by atoms with Crippen LogP contribution in [0.2, 0.25) is 0 Å². The number of carbonyl (C=O) groups is 1. The molecule has 3 N–H and O–H groups in total. The van der Waals surface area contributed by atoms with Gasteiger partial charge in [0.25, 0.3) is 0 Å². The van der Waals surface area contributed by atoms with Crippen molar-refractivity contribution in [3.63, 3.8) is 0 Å². The van der Waals surface area contributed by atoms with E-state index in [4.69, 9.17) is 0 Å². The van der Waals surface area contributed by atoms with E-state index in [2.05, 4.69) is 4.98 Å². The van der Waals surface area contributed by atoms with Gasteiger partial charge in [0.15, 0.2) is 5.12 Å². The highest BCUT2D eigenvalue weighted by molar-refractivity contribution is 8.13. The highest BCUT2D eigenvalue weighted by Gasteiger charge is 2.19. The topological polar surface area (TPSA) is 90.4 Å². The highest BCUT2D eigenvalue weighted by atomic mass is 32.2. The van der Waals surface area contributed by atoms with Crippen molar-refractivity contribution in [2.75, 3.05) is 5.75 Å². The quantitative estimate of drug-likeness (QED) is 0.791. The number of aliphatic hydroxyl groups excluding tert-OH is 2. The maximum atomic E-state index is 11.2. The van der Waals surface area contributed by atoms with E-state index in [0.717, 1.165) is 27.8 Å². The second-order valence-electron chi connectivity index (χ2n) is 4.08. The Balaban J connectivity index is 2.18. The highest BCUT2D eigenvalue weighted by Crippen LogP contribution is 2.24. The van der Waals surface area contributed by atoms with Gasteiger partial charge >= 0.3 is 4.87 Å². The van der Waals surface area contributed by atoms with Crippen molar-refractivity contribution in [2.45, 2.75) is 19.1 Å². The van der Waals surface area contributed by atoms with Crippen LogP contribution in [0.3, 0.4) is 0 Å². The van der Waals surface area contributed by atoms with Crippen molar-refractivity contribution in [1.82, 2.24) is 4.98 Å². The lowest BCUT2D eigenvalue weighted by atomic mass is 10.1. The Morgan fingerprint density at radius 3 is 2.89 bits per heavy atom. The molecule has 2 rings (SSSR count). The van der Waals surface area contributed by atoms with Crippen molar-refractivity contribution < 1.29 is 15.0 Å². The standard InChI is InChI=1S/C12H13NO4S2/c1-6(14)18-5-9(15)11(16)7-2-3-8-10(4-7)19-12(17)13-8/h2-4,9,11,15-16H,5H2,1H3,(H,13,17). The number of thioether (sulfide) groups is 1. The number of benzene rings is 1. The van der Waals surface area contributed by atoms with E-state index in [9.17, 15) is 19.8 Å². The SMILES string of the molecule is CC(=O)SCC(O)C(O)c1ccc2[nH]c(=O)sc2c1. The summed E-state index contributed by atoms with van der Waals surface area (Å²) in [6, 6.07) is 5.01. The zero-order valence-corrected chi connectivity index (χ0v) is 11.8. The summed E-state index contributed by atoms with van der Waals surface area (Å²) in [5.74, 6) is 0.137. The van der Waals surface area contributed by atoms with Crippen LogP contribution in [0.1, 0.15) is 18.6 Å². The number of fused-ring (bicyclic) bond motifs is 1. The van der Waals surface area contributed by atoms with Gasteiger partial charge in [-0.05, 0) is 17.7 Å². The van der Waals surface area contributed by atoms with Gasteiger partial charge in [-0.1, -0.05) is 29.2 Å². The van der Waals surface area contributed by atoms with E-state index in [1.807, 2.05) is 0 Å². The number of H-pyrrole nitrogens is 1. The van der Waals surface area contributed by atoms with Crippen LogP contribution < -0.4 is 4.87 Å². The molecule has 0 aliphatic carbocycles. The van der Waals surface area contributed by atoms with E-state index in [0.29, 0.717) is 11.1 Å². The molecule has 0 spiro atoms. The molecule has 0 aliphatic heterocycles. The molecule has 2 aromatic rings. The number of aromatic amines is 1. The number of carbonyl (C=O) groups excluding carboxylic acids is 1. The first kappa shape index (κ1) is 14.3. The summed E-state index contributed by atoms with van der Waals surface area (Å²) in [4.78, 5) is 24.5. The number of hydrogen-bond acceptors (Lipinski definition) is 6. The van der Waals surface area contributed by atoms with Crippen LogP contribution in [0.15, 0.2) is 23.0 Å². The predicted molar refractivity (Wildman–Crippen MR) is 76.6 cm³/mol. The Morgan fingerprint density at radius 2 is 2.21 bits per heavy atom. The molecule has 1 aromatic heterocycles. The summed E-state index contributed by atoms with van der Waals surface area (Å²) in [5, 5.41) is 19.7. The molecule has 0 bridgehead atoms. The summed E-state index contributed by atoms with van der Waals surface area (Å²) in [6.07, 6.45) is -2.10. The van der Waals surface area contributed by atoms with Gasteiger partial charge < -0.3 is 15.2 Å². The van der Waals surface area contributed by atoms with E-state index in [-0.39, 0.29) is 15.7 Å². The molecule has 0 aliphatic rings. The van der Waals surface area contributed by atoms with Crippen molar-refractivity contribution >= 4 is 38.4 Å². The summed E-state index contributed by atoms with van der Waals surface area (Å²) >= 11 is 2.02. The number of rotatable bonds is 4. The lowest BCUT2D eigenvalue weighted by molar-refractivity contribution is -0.109. The molecule has 2 unspecified atom stereocenters. The summed E-state index contributed by atoms with van der Waals surface area (Å²) in [6.45, 7) is 1.41. The van der Waals surface area contributed by atoms with Gasteiger partial charge in [-0.3, -0.25) is 9.59 Å². The fraction of sp³-hybridized carbons (Fsp3) is 0.333. The van der Waals surface area contributed by atoms with Crippen molar-refractivity contribution in [3.8, 4) is 0 Å². The Bertz CT molecular complexity index is 648. The summed E-state index contributed by atoms with van der Waals surface area (Å²) in [5.41, 5.74) is 1.23. The Kier molecular flexibility index (Phi) is 4.41. The third kappa shape index (κ3) is 3.44. The lowest BCUT2D eigenvalue weighted by Crippen LogP contribution is -2.21. The first-order valence-electron chi connectivity index (χ1n) is 5.59. The third-order valence-corrected chi connectivity index (χ3v) is 4.37. The molecule has 1 aromatic carbocycles. The monoisotopic (exact) mass is 299 g/mol. The molecule has 0 fully saturated rings. The smallest absolute Gasteiger partial charge is 0.305 e. The molecule has 1 heterocycles. The fourth-order valence-electron chi connectivity index (χ4n) is 1.66. The van der Waals surface area contributed by atoms with Crippen LogP contribution in [-0.2, 0) is 4.79 Å². The second-order valence-corrected chi connectivity index (χ2v) is 6.30. The largest absolute Gasteiger partial charge is 0.389 e. The molecule has 2 atom stereocenters. The van der Waals surface area contributed by atoms with Gasteiger partial charge in [0.05, 0.1) is 16.3 Å². The first-order chi connectivity index (χ1) is 8.97. The zero-order chi connectivity index (χ0) is 14.0. The number of aromatic nitrogens is 1. The van der Waals surface area contributed by atoms with E-state index < -0.39 is 12.2 Å². The van der Waals surface area contributed by atoms with Crippen LogP contribution in [0.5, 0.6) is 0 Å². The van der Waals surface area contributed by atoms with E-state index >= 15 is 0 Å². The van der Waals surface area contributed by atoms with Gasteiger partial charge in [0, 0.05) is 12.7 Å². The minimum Gasteiger partial charge on any atom is -0.389 e. The van der Waals surface area contributed by atoms with Crippen LogP contribution in [0, 0.1) is 0 Å². The normalized spacial score (nSPS) is 14.5. The Morgan fingerprint density at radius 1 is 1.47 bits per heavy atom. The molecule has 0 saturated heterocycles. The van der Waals surface area contributed by atoms with Gasteiger partial charge in [-0.25, -0.2) is 0 Å². The van der Waals surface area contributed by atoms with Crippen LogP contribution in [0.25, 0.3) is 10.2 Å². The van der Waals surface area contributed by atoms with Crippen molar-refractivity contribution in [3.05, 3.63) is 33.4 Å². The number of hydrogen-bond donors (Lipinski definition) is 3. The Labute approximate surface area is 117 Å². The van der Waals surface area contributed by atoms with Gasteiger partial charge in [-0.15, -0.1) is 0 Å². The average molecular weight is 299 g/mol. The van der Waals surface area contributed by atoms with Gasteiger partial charge in [0.2, 0.25) is 0 Å². The Hall–Kier alpha value is -1.15. The molecular weight excluding hydrogens is 286 g/mol. The molecule has 102 valence electrons. The molecule has 19 heavy (non-hydrogen) atoms. The third-order valence-electron chi connectivity index (χ3n) is 2.61. The van der Waals surface area contributed by atoms with E-state index in [1.165, 1.54) is 6.92 Å². The second kappa shape index (κ2) is 5.87. The molecule has 0 amide bonds. The molecule has 5 nitrogen and oxygen atoms in total. The molecular formula is C12H13NO4S2. The van der Waals surface area contributed by atoms with E-state index in [1.54, 1.807) is 18.2 Å². The molecule has 0 radical (unpaired) electrons. The fourth-order valence-corrected chi connectivity index (χ4v) is 3.03. The number of nitrogens with one attached hydrogen (secondary N) is 1. The minimum absolute atomic E-state index is 0.106. The van der Waals surface area contributed by atoms with Gasteiger partial charge in [0.1, 0.15) is 6.10 Å².